The second-order valence-electron chi connectivity index (χ2n) is 6.81. The van der Waals surface area contributed by atoms with Gasteiger partial charge in [0.2, 0.25) is 0 Å². The molecule has 2 N–H and O–H groups in total. The molecule has 4 nitrogen and oxygen atoms in total. The Morgan fingerprint density at radius 2 is 1.94 bits per heavy atom. The van der Waals surface area contributed by atoms with Crippen molar-refractivity contribution in [2.24, 2.45) is 0 Å². The predicted molar refractivity (Wildman–Crippen MR) is 119 cm³/mol. The molecule has 0 spiro atoms. The van der Waals surface area contributed by atoms with Crippen LogP contribution in [0.4, 0.5) is 23.4 Å². The summed E-state index contributed by atoms with van der Waals surface area (Å²) in [6.45, 7) is 0.638. The fourth-order valence-corrected chi connectivity index (χ4v) is 4.67. The Balaban J connectivity index is 1.46. The lowest BCUT2D eigenvalue weighted by Gasteiger charge is -2.26. The second-order valence-corrected chi connectivity index (χ2v) is 8.78. The molecule has 0 bridgehead atoms. The van der Waals surface area contributed by atoms with E-state index in [9.17, 15) is 17.6 Å². The summed E-state index contributed by atoms with van der Waals surface area (Å²) in [4.78, 5) is 4.32. The van der Waals surface area contributed by atoms with E-state index in [0.29, 0.717) is 24.4 Å². The Hall–Kier alpha value is -2.27. The number of hydrogen-bond donors (Lipinski definition) is 2. The first-order chi connectivity index (χ1) is 15.4. The van der Waals surface area contributed by atoms with Crippen molar-refractivity contribution in [3.63, 3.8) is 0 Å². The highest BCUT2D eigenvalue weighted by Crippen LogP contribution is 2.34. The summed E-state index contributed by atoms with van der Waals surface area (Å²) in [5, 5.41) is 5.17. The molecule has 1 unspecified atom stereocenters. The molecule has 1 aliphatic heterocycles. The third-order valence-electron chi connectivity index (χ3n) is 4.68. The molecule has 0 saturated heterocycles. The van der Waals surface area contributed by atoms with Crippen molar-refractivity contribution in [3.05, 3.63) is 75.1 Å². The number of nitrogens with zero attached hydrogens (tertiary/aromatic N) is 1. The van der Waals surface area contributed by atoms with Gasteiger partial charge in [-0.2, -0.15) is 0 Å². The number of benzene rings is 2. The lowest BCUT2D eigenvalue weighted by molar-refractivity contribution is 0.287. The molecule has 1 atom stereocenters. The predicted octanol–water partition coefficient (Wildman–Crippen LogP) is 6.30. The van der Waals surface area contributed by atoms with Crippen LogP contribution in [0.1, 0.15) is 12.0 Å². The van der Waals surface area contributed by atoms with Crippen molar-refractivity contribution in [1.29, 1.82) is 0 Å². The highest BCUT2D eigenvalue weighted by molar-refractivity contribution is 8.00. The fraction of sp³-hybridized carbons (Fsp3) is 0.190. The van der Waals surface area contributed by atoms with E-state index in [1.807, 2.05) is 6.08 Å². The van der Waals surface area contributed by atoms with E-state index < -0.39 is 29.3 Å². The zero-order valence-electron chi connectivity index (χ0n) is 16.3. The van der Waals surface area contributed by atoms with Gasteiger partial charge in [-0.1, -0.05) is 17.7 Å². The number of halogens is 5. The van der Waals surface area contributed by atoms with Gasteiger partial charge >= 0.3 is 0 Å². The molecule has 4 rings (SSSR count). The van der Waals surface area contributed by atoms with Gasteiger partial charge in [0, 0.05) is 11.4 Å². The lowest BCUT2D eigenvalue weighted by atomic mass is 9.94. The van der Waals surface area contributed by atoms with Crippen LogP contribution >= 0.6 is 34.9 Å². The average Bonchev–Trinajstić information content (AvgIpc) is 3.30. The molecule has 0 aliphatic carbocycles. The molecule has 168 valence electrons. The SMILES string of the molecule is Fc1cc(OCC2NCCC=C2c2cc(F)c(F)c(F)c2)c(Cl)cc1SNc1cscn1. The van der Waals surface area contributed by atoms with Crippen LogP contribution in [0.15, 0.2) is 46.1 Å². The van der Waals surface area contributed by atoms with Gasteiger partial charge < -0.3 is 14.8 Å². The van der Waals surface area contributed by atoms with Crippen molar-refractivity contribution in [2.75, 3.05) is 17.9 Å². The van der Waals surface area contributed by atoms with Gasteiger partial charge in [-0.15, -0.1) is 11.3 Å². The first-order valence-electron chi connectivity index (χ1n) is 9.43. The van der Waals surface area contributed by atoms with E-state index in [1.54, 1.807) is 10.9 Å². The molecule has 2 heterocycles. The van der Waals surface area contributed by atoms with Gasteiger partial charge in [-0.3, -0.25) is 0 Å². The van der Waals surface area contributed by atoms with Crippen LogP contribution in [0.25, 0.3) is 5.57 Å². The summed E-state index contributed by atoms with van der Waals surface area (Å²) < 4.78 is 63.9. The molecular formula is C21H16ClF4N3OS2. The molecule has 0 fully saturated rings. The van der Waals surface area contributed by atoms with Crippen LogP contribution in [0, 0.1) is 23.3 Å². The molecule has 2 aromatic carbocycles. The zero-order valence-corrected chi connectivity index (χ0v) is 18.7. The number of anilines is 1. The molecule has 11 heteroatoms. The van der Waals surface area contributed by atoms with E-state index in [4.69, 9.17) is 16.3 Å². The van der Waals surface area contributed by atoms with E-state index in [-0.39, 0.29) is 27.8 Å². The largest absolute Gasteiger partial charge is 0.490 e. The van der Waals surface area contributed by atoms with Crippen LogP contribution < -0.4 is 14.8 Å². The van der Waals surface area contributed by atoms with Gasteiger partial charge in [0.25, 0.3) is 0 Å². The Kier molecular flexibility index (Phi) is 7.24. The molecule has 0 saturated carbocycles. The van der Waals surface area contributed by atoms with Crippen LogP contribution in [0.2, 0.25) is 5.02 Å². The Morgan fingerprint density at radius 1 is 1.16 bits per heavy atom. The molecule has 1 aromatic heterocycles. The summed E-state index contributed by atoms with van der Waals surface area (Å²) in [5.41, 5.74) is 2.42. The number of ether oxygens (including phenoxy) is 1. The minimum atomic E-state index is -1.52. The van der Waals surface area contributed by atoms with Gasteiger partial charge in [0.1, 0.15) is 24.0 Å². The molecular weight excluding hydrogens is 486 g/mol. The molecule has 0 radical (unpaired) electrons. The van der Waals surface area contributed by atoms with E-state index in [2.05, 4.69) is 15.0 Å². The fourth-order valence-electron chi connectivity index (χ4n) is 3.17. The third-order valence-corrected chi connectivity index (χ3v) is 6.41. The summed E-state index contributed by atoms with van der Waals surface area (Å²) in [6, 6.07) is 4.05. The summed E-state index contributed by atoms with van der Waals surface area (Å²) in [5.74, 6) is -3.86. The van der Waals surface area contributed by atoms with Crippen LogP contribution in [-0.2, 0) is 0 Å². The third kappa shape index (κ3) is 5.20. The normalized spacial score (nSPS) is 16.0. The summed E-state index contributed by atoms with van der Waals surface area (Å²) in [7, 11) is 0. The quantitative estimate of drug-likeness (QED) is 0.226. The number of thiazole rings is 1. The lowest BCUT2D eigenvalue weighted by Crippen LogP contribution is -2.39. The van der Waals surface area contributed by atoms with Crippen molar-refractivity contribution >= 4 is 46.3 Å². The topological polar surface area (TPSA) is 46.2 Å². The van der Waals surface area contributed by atoms with Crippen molar-refractivity contribution in [2.45, 2.75) is 17.4 Å². The van der Waals surface area contributed by atoms with Crippen molar-refractivity contribution in [3.8, 4) is 5.75 Å². The van der Waals surface area contributed by atoms with E-state index in [0.717, 1.165) is 24.1 Å². The summed E-state index contributed by atoms with van der Waals surface area (Å²) >= 11 is 8.71. The highest BCUT2D eigenvalue weighted by Gasteiger charge is 2.23. The van der Waals surface area contributed by atoms with Crippen LogP contribution in [0.5, 0.6) is 5.75 Å². The molecule has 0 amide bonds. The smallest absolute Gasteiger partial charge is 0.194 e. The summed E-state index contributed by atoms with van der Waals surface area (Å²) in [6.07, 6.45) is 2.43. The maximum absolute atomic E-state index is 14.5. The van der Waals surface area contributed by atoms with Crippen molar-refractivity contribution < 1.29 is 22.3 Å². The molecule has 1 aliphatic rings. The highest BCUT2D eigenvalue weighted by atomic mass is 35.5. The minimum Gasteiger partial charge on any atom is -0.490 e. The molecule has 32 heavy (non-hydrogen) atoms. The van der Waals surface area contributed by atoms with Crippen LogP contribution in [0.3, 0.4) is 0 Å². The number of nitrogens with one attached hydrogen (secondary N) is 2. The van der Waals surface area contributed by atoms with Crippen LogP contribution in [-0.4, -0.2) is 24.2 Å². The van der Waals surface area contributed by atoms with Gasteiger partial charge in [0.15, 0.2) is 17.5 Å². The average molecular weight is 502 g/mol. The molecule has 3 aromatic rings. The second kappa shape index (κ2) is 10.1. The number of rotatable bonds is 7. The maximum atomic E-state index is 14.5. The van der Waals surface area contributed by atoms with Crippen molar-refractivity contribution in [1.82, 2.24) is 10.3 Å². The number of aromatic nitrogens is 1. The minimum absolute atomic E-state index is 0.0230. The first kappa shape index (κ1) is 22.9. The number of hydrogen-bond acceptors (Lipinski definition) is 6. The Morgan fingerprint density at radius 3 is 2.66 bits per heavy atom. The Bertz CT molecular complexity index is 1120. The zero-order chi connectivity index (χ0) is 22.7. The van der Waals surface area contributed by atoms with E-state index >= 15 is 0 Å². The maximum Gasteiger partial charge on any atom is 0.194 e. The standard InChI is InChI=1S/C21H16ClF4N3OS2/c22-13-6-19(32-29-20-9-31-10-28-20)14(23)7-18(13)30-8-17-12(2-1-3-27-17)11-4-15(24)21(26)16(25)5-11/h2,4-7,9-10,17,27,29H,1,3,8H2. The monoisotopic (exact) mass is 501 g/mol. The van der Waals surface area contributed by atoms with E-state index in [1.165, 1.54) is 23.5 Å². The van der Waals surface area contributed by atoms with Gasteiger partial charge in [-0.25, -0.2) is 22.5 Å². The van der Waals surface area contributed by atoms with Gasteiger partial charge in [0.05, 0.1) is 21.5 Å². The Labute approximate surface area is 194 Å². The van der Waals surface area contributed by atoms with Gasteiger partial charge in [-0.05, 0) is 54.2 Å². The first-order valence-corrected chi connectivity index (χ1v) is 11.6.